The van der Waals surface area contributed by atoms with E-state index in [4.69, 9.17) is 0 Å². The highest BCUT2D eigenvalue weighted by molar-refractivity contribution is 6.82. The third-order valence-electron chi connectivity index (χ3n) is 5.76. The summed E-state index contributed by atoms with van der Waals surface area (Å²) < 4.78 is 2.74. The Bertz CT molecular complexity index is 666. The Morgan fingerprint density at radius 1 is 1.04 bits per heavy atom. The number of nitrogens with zero attached hydrogens (tertiary/aromatic N) is 1. The van der Waals surface area contributed by atoms with E-state index in [0.717, 1.165) is 23.0 Å². The van der Waals surface area contributed by atoms with Crippen LogP contribution in [0.2, 0.25) is 16.6 Å². The third-order valence-corrected chi connectivity index (χ3v) is 12.5. The zero-order valence-electron chi connectivity index (χ0n) is 16.4. The molecule has 1 aliphatic rings. The maximum atomic E-state index is 2.74. The normalized spacial score (nSPS) is 24.3. The summed E-state index contributed by atoms with van der Waals surface area (Å²) in [6.07, 6.45) is 10.8. The monoisotopic (exact) mass is 329 g/mol. The summed E-state index contributed by atoms with van der Waals surface area (Å²) in [5, 5.41) is 2.89. The summed E-state index contributed by atoms with van der Waals surface area (Å²) >= 11 is 0. The lowest BCUT2D eigenvalue weighted by Crippen LogP contribution is -2.57. The zero-order chi connectivity index (χ0) is 17.4. The van der Waals surface area contributed by atoms with Crippen molar-refractivity contribution in [2.45, 2.75) is 78.4 Å². The van der Waals surface area contributed by atoms with Crippen LogP contribution in [0.15, 0.2) is 23.9 Å². The van der Waals surface area contributed by atoms with Crippen LogP contribution in [0.3, 0.4) is 0 Å². The fourth-order valence-corrected chi connectivity index (χ4v) is 11.7. The van der Waals surface area contributed by atoms with Gasteiger partial charge in [-0.3, -0.25) is 0 Å². The summed E-state index contributed by atoms with van der Waals surface area (Å²) in [5.74, 6) is 0.621. The maximum absolute atomic E-state index is 2.74. The van der Waals surface area contributed by atoms with Gasteiger partial charge in [-0.05, 0) is 53.4 Å². The molecule has 23 heavy (non-hydrogen) atoms. The van der Waals surface area contributed by atoms with Crippen LogP contribution in [-0.2, 0) is 0 Å². The van der Waals surface area contributed by atoms with Crippen LogP contribution in [0.4, 0.5) is 0 Å². The highest BCUT2D eigenvalue weighted by Gasteiger charge is 2.45. The van der Waals surface area contributed by atoms with E-state index >= 15 is 0 Å². The topological polar surface area (TPSA) is 4.93 Å². The summed E-state index contributed by atoms with van der Waals surface area (Å²) in [6, 6.07) is 2.34. The van der Waals surface area contributed by atoms with Crippen LogP contribution < -0.4 is 10.6 Å². The highest BCUT2D eigenvalue weighted by atomic mass is 28.3. The molecule has 0 saturated heterocycles. The first-order valence-corrected chi connectivity index (χ1v) is 11.5. The lowest BCUT2D eigenvalue weighted by molar-refractivity contribution is 0.744. The Morgan fingerprint density at radius 2 is 1.61 bits per heavy atom. The first-order valence-electron chi connectivity index (χ1n) is 9.29. The van der Waals surface area contributed by atoms with Crippen LogP contribution >= 0.6 is 0 Å². The molecule has 1 heterocycles. The van der Waals surface area contributed by atoms with E-state index in [1.54, 1.807) is 0 Å². The molecule has 1 aromatic heterocycles. The average molecular weight is 330 g/mol. The number of fused-ring (bicyclic) bond motifs is 1. The van der Waals surface area contributed by atoms with Crippen molar-refractivity contribution in [2.75, 3.05) is 0 Å². The van der Waals surface area contributed by atoms with Crippen molar-refractivity contribution < 1.29 is 0 Å². The predicted molar refractivity (Wildman–Crippen MR) is 107 cm³/mol. The molecule has 2 rings (SSSR count). The van der Waals surface area contributed by atoms with Gasteiger partial charge in [-0.25, -0.2) is 0 Å². The van der Waals surface area contributed by atoms with Gasteiger partial charge in [0.05, 0.1) is 0 Å². The standard InChI is InChI=1S/C21H35NSi/c1-15(2)23(16(3)4,17(5)6)22-12-11-20-14-19(8)13-18(7)9-10-21(20)22/h10-18H,9H2,1-8H3/b19-13-,20-14-,21-10-. The minimum absolute atomic E-state index is 0.621. The highest BCUT2D eigenvalue weighted by Crippen LogP contribution is 2.41. The molecule has 1 aliphatic carbocycles. The van der Waals surface area contributed by atoms with Gasteiger partial charge in [-0.15, -0.1) is 0 Å². The van der Waals surface area contributed by atoms with E-state index in [9.17, 15) is 0 Å². The Balaban J connectivity index is 2.80. The summed E-state index contributed by atoms with van der Waals surface area (Å²) in [6.45, 7) is 19.2. The van der Waals surface area contributed by atoms with Gasteiger partial charge in [0.15, 0.2) is 8.24 Å². The van der Waals surface area contributed by atoms with Crippen LogP contribution in [-0.4, -0.2) is 12.5 Å². The molecule has 0 saturated carbocycles. The van der Waals surface area contributed by atoms with Crippen molar-refractivity contribution in [3.63, 3.8) is 0 Å². The molecule has 1 aromatic rings. The molecule has 0 aliphatic heterocycles. The third kappa shape index (κ3) is 3.15. The number of hydrogen-bond donors (Lipinski definition) is 0. The average Bonchev–Trinajstić information content (AvgIpc) is 2.76. The largest absolute Gasteiger partial charge is 0.373 e. The molecule has 0 aromatic carbocycles. The Hall–Kier alpha value is -1.02. The number of aromatic nitrogens is 1. The van der Waals surface area contributed by atoms with E-state index in [0.29, 0.717) is 5.92 Å². The SMILES string of the molecule is CC1=C/C(C)C/C=c2/c(ccn2[Si](C(C)C)(C(C)C)C(C)C)=C\1. The molecular weight excluding hydrogens is 294 g/mol. The van der Waals surface area contributed by atoms with Crippen molar-refractivity contribution in [3.05, 3.63) is 34.5 Å². The van der Waals surface area contributed by atoms with Crippen LogP contribution in [0.25, 0.3) is 12.2 Å². The summed E-state index contributed by atoms with van der Waals surface area (Å²) in [4.78, 5) is 0. The van der Waals surface area contributed by atoms with Gasteiger partial charge in [-0.2, -0.15) is 0 Å². The molecule has 0 radical (unpaired) electrons. The Kier molecular flexibility index (Phi) is 5.45. The van der Waals surface area contributed by atoms with Crippen molar-refractivity contribution in [2.24, 2.45) is 5.92 Å². The van der Waals surface area contributed by atoms with E-state index in [2.05, 4.69) is 90.1 Å². The van der Waals surface area contributed by atoms with Gasteiger partial charge in [0.2, 0.25) is 0 Å². The van der Waals surface area contributed by atoms with Gasteiger partial charge in [0, 0.05) is 5.35 Å². The van der Waals surface area contributed by atoms with Gasteiger partial charge in [-0.1, -0.05) is 72.3 Å². The van der Waals surface area contributed by atoms with E-state index in [1.165, 1.54) is 16.1 Å². The summed E-state index contributed by atoms with van der Waals surface area (Å²) in [7, 11) is -1.67. The van der Waals surface area contributed by atoms with Gasteiger partial charge in [0.25, 0.3) is 0 Å². The molecule has 2 heteroatoms. The number of rotatable bonds is 4. The van der Waals surface area contributed by atoms with Crippen LogP contribution in [0.1, 0.15) is 61.8 Å². The molecule has 0 amide bonds. The van der Waals surface area contributed by atoms with Crippen molar-refractivity contribution in [1.29, 1.82) is 0 Å². The molecule has 0 N–H and O–H groups in total. The lowest BCUT2D eigenvalue weighted by Gasteiger charge is -2.44. The quantitative estimate of drug-likeness (QED) is 0.681. The van der Waals surface area contributed by atoms with Crippen molar-refractivity contribution >= 4 is 20.4 Å². The fraction of sp³-hybridized carbons (Fsp3) is 0.619. The molecule has 0 spiro atoms. The molecule has 1 nitrogen and oxygen atoms in total. The number of allylic oxidation sites excluding steroid dienone is 2. The molecule has 0 bridgehead atoms. The predicted octanol–water partition coefficient (Wildman–Crippen LogP) is 5.06. The van der Waals surface area contributed by atoms with Crippen LogP contribution in [0, 0.1) is 5.92 Å². The molecule has 1 atom stereocenters. The second kappa shape index (κ2) is 6.84. The van der Waals surface area contributed by atoms with Crippen molar-refractivity contribution in [3.8, 4) is 0 Å². The molecule has 0 fully saturated rings. The molecule has 128 valence electrons. The minimum Gasteiger partial charge on any atom is -0.373 e. The number of hydrogen-bond acceptors (Lipinski definition) is 0. The van der Waals surface area contributed by atoms with E-state index < -0.39 is 8.24 Å². The second-order valence-electron chi connectivity index (χ2n) is 8.35. The molecular formula is C21H35NSi. The summed E-state index contributed by atoms with van der Waals surface area (Å²) in [5.41, 5.74) is 3.58. The Morgan fingerprint density at radius 3 is 2.13 bits per heavy atom. The molecule has 1 unspecified atom stereocenters. The van der Waals surface area contributed by atoms with E-state index in [-0.39, 0.29) is 0 Å². The minimum atomic E-state index is -1.67. The zero-order valence-corrected chi connectivity index (χ0v) is 17.4. The smallest absolute Gasteiger partial charge is 0.169 e. The second-order valence-corrected chi connectivity index (χ2v) is 14.1. The Labute approximate surface area is 143 Å². The lowest BCUT2D eigenvalue weighted by atomic mass is 10.0. The van der Waals surface area contributed by atoms with Gasteiger partial charge >= 0.3 is 0 Å². The van der Waals surface area contributed by atoms with Gasteiger partial charge < -0.3 is 4.23 Å². The first kappa shape index (κ1) is 18.3. The maximum Gasteiger partial charge on any atom is 0.169 e. The van der Waals surface area contributed by atoms with Crippen molar-refractivity contribution in [1.82, 2.24) is 4.23 Å². The fourth-order valence-electron chi connectivity index (χ4n) is 5.08. The first-order chi connectivity index (χ1) is 10.7. The van der Waals surface area contributed by atoms with Crippen LogP contribution in [0.5, 0.6) is 0 Å². The van der Waals surface area contributed by atoms with Gasteiger partial charge in [0.1, 0.15) is 0 Å². The van der Waals surface area contributed by atoms with E-state index in [1.807, 2.05) is 0 Å².